The number of aromatic amines is 1. The maximum atomic E-state index is 11.9. The molecule has 0 fully saturated rings. The van der Waals surface area contributed by atoms with Gasteiger partial charge in [0, 0.05) is 0 Å². The molecule has 6 N–H and O–H groups in total. The molecule has 2 aromatic rings. The highest BCUT2D eigenvalue weighted by atomic mass is 16.5. The fraction of sp³-hybridized carbons (Fsp3) is 0.364. The van der Waals surface area contributed by atoms with Gasteiger partial charge >= 0.3 is 0 Å². The standard InChI is InChI=1S/C11H15N7O3/c1-2-3-5(18-21)10(19)17-11(20)9-15-7(12)6-8(16-9)14-4-13-6/h4-5,18,21H,2-3H2,1H3,(H,17,19,20)(H3,12,13,14,15,16)/t5-/m0/s1. The van der Waals surface area contributed by atoms with Gasteiger partial charge in [-0.3, -0.25) is 14.9 Å². The Morgan fingerprint density at radius 3 is 2.90 bits per heavy atom. The quantitative estimate of drug-likeness (QED) is 0.454. The number of H-pyrrole nitrogens is 1. The van der Waals surface area contributed by atoms with Gasteiger partial charge in [0.1, 0.15) is 11.6 Å². The fourth-order valence-electron chi connectivity index (χ4n) is 1.76. The van der Waals surface area contributed by atoms with Gasteiger partial charge in [0.25, 0.3) is 5.91 Å². The van der Waals surface area contributed by atoms with E-state index in [1.54, 1.807) is 0 Å². The summed E-state index contributed by atoms with van der Waals surface area (Å²) in [6.45, 7) is 1.84. The van der Waals surface area contributed by atoms with E-state index in [0.29, 0.717) is 18.4 Å². The first-order valence-electron chi connectivity index (χ1n) is 6.28. The van der Waals surface area contributed by atoms with E-state index in [1.165, 1.54) is 6.33 Å². The molecule has 0 aliphatic rings. The van der Waals surface area contributed by atoms with Gasteiger partial charge in [-0.2, -0.15) is 5.48 Å². The number of hydroxylamine groups is 1. The molecule has 0 bridgehead atoms. The summed E-state index contributed by atoms with van der Waals surface area (Å²) in [5.41, 5.74) is 8.16. The Morgan fingerprint density at radius 2 is 2.24 bits per heavy atom. The molecular formula is C11H15N7O3. The highest BCUT2D eigenvalue weighted by molar-refractivity contribution is 6.05. The van der Waals surface area contributed by atoms with Crippen LogP contribution in [-0.2, 0) is 4.79 Å². The number of amides is 2. The molecule has 21 heavy (non-hydrogen) atoms. The second-order valence-corrected chi connectivity index (χ2v) is 4.32. The molecule has 0 aliphatic carbocycles. The van der Waals surface area contributed by atoms with Crippen LogP contribution in [0.4, 0.5) is 5.82 Å². The van der Waals surface area contributed by atoms with Gasteiger partial charge < -0.3 is 15.9 Å². The third kappa shape index (κ3) is 3.12. The number of imide groups is 1. The molecule has 0 unspecified atom stereocenters. The van der Waals surface area contributed by atoms with E-state index in [4.69, 9.17) is 10.9 Å². The van der Waals surface area contributed by atoms with Crippen molar-refractivity contribution in [2.45, 2.75) is 25.8 Å². The number of anilines is 1. The summed E-state index contributed by atoms with van der Waals surface area (Å²) in [7, 11) is 0. The van der Waals surface area contributed by atoms with E-state index in [1.807, 2.05) is 12.4 Å². The smallest absolute Gasteiger partial charge is 0.295 e. The SMILES string of the molecule is CCC[C@H](NO)C(=O)NC(=O)c1nc(N)c2[nH]cnc2n1. The monoisotopic (exact) mass is 293 g/mol. The van der Waals surface area contributed by atoms with Crippen LogP contribution in [0, 0.1) is 0 Å². The van der Waals surface area contributed by atoms with Gasteiger partial charge in [-0.25, -0.2) is 15.0 Å². The third-order valence-corrected chi connectivity index (χ3v) is 2.80. The van der Waals surface area contributed by atoms with Crippen molar-refractivity contribution in [1.29, 1.82) is 0 Å². The zero-order chi connectivity index (χ0) is 15.4. The second-order valence-electron chi connectivity index (χ2n) is 4.32. The Hall–Kier alpha value is -2.59. The first kappa shape index (κ1) is 14.8. The van der Waals surface area contributed by atoms with Crippen molar-refractivity contribution in [3.8, 4) is 0 Å². The number of carbonyl (C=O) groups is 2. The Bertz CT molecular complexity index is 669. The number of carbonyl (C=O) groups excluding carboxylic acids is 2. The number of hydrogen-bond donors (Lipinski definition) is 5. The van der Waals surface area contributed by atoms with Crippen molar-refractivity contribution in [3.63, 3.8) is 0 Å². The van der Waals surface area contributed by atoms with Gasteiger partial charge in [0.15, 0.2) is 11.5 Å². The van der Waals surface area contributed by atoms with Gasteiger partial charge in [-0.15, -0.1) is 0 Å². The summed E-state index contributed by atoms with van der Waals surface area (Å²) in [6, 6.07) is -0.884. The first-order valence-corrected chi connectivity index (χ1v) is 6.28. The van der Waals surface area contributed by atoms with E-state index >= 15 is 0 Å². The zero-order valence-corrected chi connectivity index (χ0v) is 11.3. The fourth-order valence-corrected chi connectivity index (χ4v) is 1.76. The number of aromatic nitrogens is 4. The number of nitrogen functional groups attached to an aromatic ring is 1. The van der Waals surface area contributed by atoms with Crippen LogP contribution in [0.3, 0.4) is 0 Å². The predicted octanol–water partition coefficient (Wildman–Crippen LogP) is -0.661. The molecule has 1 atom stereocenters. The second kappa shape index (κ2) is 6.24. The summed E-state index contributed by atoms with van der Waals surface area (Å²) in [6.07, 6.45) is 2.40. The van der Waals surface area contributed by atoms with Gasteiger partial charge in [0.05, 0.1) is 6.33 Å². The van der Waals surface area contributed by atoms with Crippen LogP contribution >= 0.6 is 0 Å². The van der Waals surface area contributed by atoms with Crippen molar-refractivity contribution in [2.75, 3.05) is 5.73 Å². The third-order valence-electron chi connectivity index (χ3n) is 2.80. The lowest BCUT2D eigenvalue weighted by Gasteiger charge is -2.12. The van der Waals surface area contributed by atoms with Gasteiger partial charge in [0.2, 0.25) is 11.7 Å². The molecule has 2 aromatic heterocycles. The van der Waals surface area contributed by atoms with Crippen molar-refractivity contribution < 1.29 is 14.8 Å². The summed E-state index contributed by atoms with van der Waals surface area (Å²) in [4.78, 5) is 38.0. The molecule has 2 rings (SSSR count). The van der Waals surface area contributed by atoms with Crippen LogP contribution in [0.5, 0.6) is 0 Å². The topological polar surface area (TPSA) is 159 Å². The van der Waals surface area contributed by atoms with E-state index in [2.05, 4.69) is 25.3 Å². The van der Waals surface area contributed by atoms with Crippen molar-refractivity contribution in [3.05, 3.63) is 12.2 Å². The highest BCUT2D eigenvalue weighted by Gasteiger charge is 2.22. The molecule has 2 amide bonds. The Labute approximate surface area is 119 Å². The predicted molar refractivity (Wildman–Crippen MR) is 72.2 cm³/mol. The maximum absolute atomic E-state index is 11.9. The number of nitrogens with two attached hydrogens (primary N) is 1. The minimum absolute atomic E-state index is 0.0560. The molecule has 0 spiro atoms. The molecule has 0 aliphatic heterocycles. The summed E-state index contributed by atoms with van der Waals surface area (Å²) in [5, 5.41) is 11.0. The van der Waals surface area contributed by atoms with Gasteiger partial charge in [-0.05, 0) is 6.42 Å². The van der Waals surface area contributed by atoms with E-state index in [9.17, 15) is 9.59 Å². The number of fused-ring (bicyclic) bond motifs is 1. The van der Waals surface area contributed by atoms with Crippen LogP contribution in [-0.4, -0.2) is 43.0 Å². The lowest BCUT2D eigenvalue weighted by atomic mass is 10.1. The molecular weight excluding hydrogens is 278 g/mol. The lowest BCUT2D eigenvalue weighted by molar-refractivity contribution is -0.124. The molecule has 0 saturated carbocycles. The van der Waals surface area contributed by atoms with Crippen molar-refractivity contribution in [1.82, 2.24) is 30.7 Å². The summed E-state index contributed by atoms with van der Waals surface area (Å²) in [5.74, 6) is -1.70. The van der Waals surface area contributed by atoms with Crippen LogP contribution in [0.1, 0.15) is 30.4 Å². The molecule has 0 aromatic carbocycles. The number of rotatable bonds is 5. The summed E-state index contributed by atoms with van der Waals surface area (Å²) >= 11 is 0. The number of hydrogen-bond acceptors (Lipinski definition) is 8. The zero-order valence-electron chi connectivity index (χ0n) is 11.3. The molecule has 0 radical (unpaired) electrons. The average Bonchev–Trinajstić information content (AvgIpc) is 2.93. The minimum Gasteiger partial charge on any atom is -0.382 e. The van der Waals surface area contributed by atoms with Gasteiger partial charge in [-0.1, -0.05) is 13.3 Å². The van der Waals surface area contributed by atoms with Crippen LogP contribution in [0.15, 0.2) is 6.33 Å². The Balaban J connectivity index is 2.16. The summed E-state index contributed by atoms with van der Waals surface area (Å²) < 4.78 is 0. The highest BCUT2D eigenvalue weighted by Crippen LogP contribution is 2.12. The van der Waals surface area contributed by atoms with E-state index in [0.717, 1.165) is 0 Å². The van der Waals surface area contributed by atoms with Crippen molar-refractivity contribution in [2.24, 2.45) is 0 Å². The van der Waals surface area contributed by atoms with Crippen LogP contribution in [0.25, 0.3) is 11.2 Å². The maximum Gasteiger partial charge on any atom is 0.295 e. The van der Waals surface area contributed by atoms with E-state index in [-0.39, 0.29) is 17.3 Å². The number of imidazole rings is 1. The average molecular weight is 293 g/mol. The Kier molecular flexibility index (Phi) is 4.40. The molecule has 112 valence electrons. The molecule has 10 nitrogen and oxygen atoms in total. The largest absolute Gasteiger partial charge is 0.382 e. The number of nitrogens with zero attached hydrogens (tertiary/aromatic N) is 3. The first-order chi connectivity index (χ1) is 10.1. The lowest BCUT2D eigenvalue weighted by Crippen LogP contribution is -2.45. The number of nitrogens with one attached hydrogen (secondary N) is 3. The normalized spacial score (nSPS) is 12.3. The van der Waals surface area contributed by atoms with Crippen molar-refractivity contribution >= 4 is 28.8 Å². The van der Waals surface area contributed by atoms with Crippen LogP contribution < -0.4 is 16.5 Å². The Morgan fingerprint density at radius 1 is 1.48 bits per heavy atom. The molecule has 2 heterocycles. The van der Waals surface area contributed by atoms with E-state index < -0.39 is 17.9 Å². The molecule has 0 saturated heterocycles. The molecule has 10 heteroatoms. The minimum atomic E-state index is -0.884. The van der Waals surface area contributed by atoms with Crippen LogP contribution in [0.2, 0.25) is 0 Å².